The second kappa shape index (κ2) is 9.53. The molecular weight excluding hydrogens is 511 g/mol. The molecule has 10 nitrogen and oxygen atoms in total. The third-order valence-corrected chi connectivity index (χ3v) is 7.35. The number of carbonyl (C=O) groups excluding carboxylic acids is 1. The van der Waals surface area contributed by atoms with Crippen LogP contribution in [0.3, 0.4) is 0 Å². The molecule has 0 spiro atoms. The normalized spacial score (nSPS) is 11.5. The van der Waals surface area contributed by atoms with Gasteiger partial charge in [-0.2, -0.15) is 9.71 Å². The van der Waals surface area contributed by atoms with Gasteiger partial charge in [-0.05, 0) is 31.2 Å². The van der Waals surface area contributed by atoms with Crippen LogP contribution in [0.1, 0.15) is 21.8 Å². The van der Waals surface area contributed by atoms with Crippen molar-refractivity contribution in [3.05, 3.63) is 69.5 Å². The Labute approximate surface area is 202 Å². The number of nitrogens with zero attached hydrogens (tertiary/aromatic N) is 4. The molecule has 4 rings (SSSR count). The van der Waals surface area contributed by atoms with Gasteiger partial charge in [0.05, 0.1) is 17.1 Å². The van der Waals surface area contributed by atoms with Gasteiger partial charge in [-0.25, -0.2) is 8.42 Å². The van der Waals surface area contributed by atoms with Crippen LogP contribution in [0.15, 0.2) is 51.3 Å². The summed E-state index contributed by atoms with van der Waals surface area (Å²) in [6.07, 6.45) is 0. The lowest BCUT2D eigenvalue weighted by atomic mass is 10.1. The van der Waals surface area contributed by atoms with Crippen molar-refractivity contribution < 1.29 is 17.7 Å². The van der Waals surface area contributed by atoms with Crippen LogP contribution in [0, 0.1) is 6.92 Å². The molecule has 2 aromatic heterocycles. The highest BCUT2D eigenvalue weighted by atomic mass is 35.5. The highest BCUT2D eigenvalue weighted by molar-refractivity contribution is 7.91. The zero-order chi connectivity index (χ0) is 23.6. The number of nitrogens with one attached hydrogen (secondary N) is 2. The van der Waals surface area contributed by atoms with Crippen LogP contribution in [0.2, 0.25) is 10.0 Å². The lowest BCUT2D eigenvalue weighted by Gasteiger charge is -2.03. The Morgan fingerprint density at radius 2 is 1.97 bits per heavy atom. The third kappa shape index (κ3) is 5.54. The Morgan fingerprint density at radius 1 is 1.15 bits per heavy atom. The van der Waals surface area contributed by atoms with Crippen LogP contribution in [-0.2, 0) is 16.6 Å². The van der Waals surface area contributed by atoms with Crippen molar-refractivity contribution in [2.24, 2.45) is 0 Å². The van der Waals surface area contributed by atoms with Gasteiger partial charge in [-0.3, -0.25) is 10.1 Å². The van der Waals surface area contributed by atoms with E-state index in [-0.39, 0.29) is 32.5 Å². The molecule has 0 saturated carbocycles. The van der Waals surface area contributed by atoms with Gasteiger partial charge in [0.25, 0.3) is 15.9 Å². The van der Waals surface area contributed by atoms with E-state index in [2.05, 4.69) is 30.4 Å². The number of hydrogen-bond donors (Lipinski definition) is 2. The molecule has 33 heavy (non-hydrogen) atoms. The SMILES string of the molecule is Cc1cccc(-c2noc(CNS(=O)(=O)c3nnc(NC(=O)c4ccc(Cl)cc4Cl)s3)n2)c1. The predicted molar refractivity (Wildman–Crippen MR) is 123 cm³/mol. The summed E-state index contributed by atoms with van der Waals surface area (Å²) in [5, 5.41) is 14.1. The van der Waals surface area contributed by atoms with E-state index in [1.807, 2.05) is 31.2 Å². The van der Waals surface area contributed by atoms with Crippen LogP contribution < -0.4 is 10.0 Å². The van der Waals surface area contributed by atoms with E-state index < -0.39 is 15.9 Å². The second-order valence-corrected chi connectivity index (χ2v) is 10.4. The fraction of sp³-hybridized carbons (Fsp3) is 0.105. The molecule has 2 N–H and O–H groups in total. The monoisotopic (exact) mass is 524 g/mol. The number of sulfonamides is 1. The first kappa shape index (κ1) is 23.3. The molecule has 0 atom stereocenters. The van der Waals surface area contributed by atoms with E-state index in [1.165, 1.54) is 18.2 Å². The summed E-state index contributed by atoms with van der Waals surface area (Å²) >= 11 is 12.5. The molecule has 2 aromatic carbocycles. The molecule has 2 heterocycles. The Bertz CT molecular complexity index is 1440. The minimum absolute atomic E-state index is 0.0223. The van der Waals surface area contributed by atoms with E-state index in [1.54, 1.807) is 0 Å². The number of carbonyl (C=O) groups is 1. The van der Waals surface area contributed by atoms with Crippen molar-refractivity contribution in [3.8, 4) is 11.4 Å². The van der Waals surface area contributed by atoms with Gasteiger partial charge in [0, 0.05) is 10.6 Å². The summed E-state index contributed by atoms with van der Waals surface area (Å²) in [7, 11) is -4.04. The van der Waals surface area contributed by atoms with E-state index in [9.17, 15) is 13.2 Å². The largest absolute Gasteiger partial charge is 0.338 e. The van der Waals surface area contributed by atoms with E-state index >= 15 is 0 Å². The number of benzene rings is 2. The number of aryl methyl sites for hydroxylation is 1. The van der Waals surface area contributed by atoms with Crippen molar-refractivity contribution >= 4 is 55.6 Å². The summed E-state index contributed by atoms with van der Waals surface area (Å²) in [6.45, 7) is 1.68. The average Bonchev–Trinajstić information content (AvgIpc) is 3.42. The summed E-state index contributed by atoms with van der Waals surface area (Å²) in [4.78, 5) is 16.6. The number of anilines is 1. The third-order valence-electron chi connectivity index (χ3n) is 4.19. The highest BCUT2D eigenvalue weighted by Gasteiger charge is 2.23. The molecule has 0 aliphatic heterocycles. The zero-order valence-electron chi connectivity index (χ0n) is 16.7. The Morgan fingerprint density at radius 3 is 2.73 bits per heavy atom. The number of halogens is 2. The van der Waals surface area contributed by atoms with Gasteiger partial charge >= 0.3 is 0 Å². The molecule has 14 heteroatoms. The molecule has 0 aliphatic carbocycles. The van der Waals surface area contributed by atoms with Gasteiger partial charge in [-0.1, -0.05) is 63.5 Å². The quantitative estimate of drug-likeness (QED) is 0.346. The minimum Gasteiger partial charge on any atom is -0.338 e. The topological polar surface area (TPSA) is 140 Å². The first-order chi connectivity index (χ1) is 15.7. The molecule has 170 valence electrons. The van der Waals surface area contributed by atoms with E-state index in [0.29, 0.717) is 22.2 Å². The molecule has 0 unspecified atom stereocenters. The Hall–Kier alpha value is -2.90. The van der Waals surface area contributed by atoms with Gasteiger partial charge in [0.15, 0.2) is 0 Å². The molecule has 1 amide bonds. The minimum atomic E-state index is -4.04. The zero-order valence-corrected chi connectivity index (χ0v) is 19.9. The molecule has 4 aromatic rings. The van der Waals surface area contributed by atoms with Crippen LogP contribution >= 0.6 is 34.5 Å². The molecule has 0 saturated heterocycles. The summed E-state index contributed by atoms with van der Waals surface area (Å²) in [6, 6.07) is 11.9. The predicted octanol–water partition coefficient (Wildman–Crippen LogP) is 3.93. The van der Waals surface area contributed by atoms with Gasteiger partial charge in [0.2, 0.25) is 21.2 Å². The van der Waals surface area contributed by atoms with Crippen molar-refractivity contribution in [3.63, 3.8) is 0 Å². The van der Waals surface area contributed by atoms with Crippen LogP contribution in [0.25, 0.3) is 11.4 Å². The molecule has 0 aliphatic rings. The second-order valence-electron chi connectivity index (χ2n) is 6.66. The van der Waals surface area contributed by atoms with Crippen LogP contribution in [0.5, 0.6) is 0 Å². The Kier molecular flexibility index (Phi) is 6.72. The fourth-order valence-corrected chi connectivity index (χ4v) is 5.06. The molecular formula is C19H14Cl2N6O4S2. The van der Waals surface area contributed by atoms with Crippen LogP contribution in [-0.4, -0.2) is 34.7 Å². The number of hydrogen-bond acceptors (Lipinski definition) is 9. The summed E-state index contributed by atoms with van der Waals surface area (Å²) < 4.78 is 32.2. The van der Waals surface area contributed by atoms with Gasteiger partial charge in [0.1, 0.15) is 0 Å². The first-order valence-electron chi connectivity index (χ1n) is 9.20. The van der Waals surface area contributed by atoms with E-state index in [4.69, 9.17) is 27.7 Å². The van der Waals surface area contributed by atoms with Crippen molar-refractivity contribution in [1.29, 1.82) is 0 Å². The molecule has 0 bridgehead atoms. The maximum Gasteiger partial charge on any atom is 0.270 e. The van der Waals surface area contributed by atoms with Crippen molar-refractivity contribution in [1.82, 2.24) is 25.1 Å². The fourth-order valence-electron chi connectivity index (χ4n) is 2.65. The van der Waals surface area contributed by atoms with Crippen LogP contribution in [0.4, 0.5) is 5.13 Å². The Balaban J connectivity index is 1.41. The van der Waals surface area contributed by atoms with Crippen molar-refractivity contribution in [2.75, 3.05) is 5.32 Å². The smallest absolute Gasteiger partial charge is 0.270 e. The lowest BCUT2D eigenvalue weighted by molar-refractivity contribution is 0.102. The standard InChI is InChI=1S/C19H14Cl2N6O4S2/c1-10-3-2-4-11(7-10)16-23-15(31-27-16)9-22-33(29,30)19-26-25-18(32-19)24-17(28)13-6-5-12(20)8-14(13)21/h2-8,22H,9H2,1H3,(H,24,25,28). The molecule has 0 fully saturated rings. The van der Waals surface area contributed by atoms with Gasteiger partial charge < -0.3 is 4.52 Å². The maximum absolute atomic E-state index is 12.5. The van der Waals surface area contributed by atoms with E-state index in [0.717, 1.165) is 11.1 Å². The summed E-state index contributed by atoms with van der Waals surface area (Å²) in [5.74, 6) is -0.167. The number of aromatic nitrogens is 4. The summed E-state index contributed by atoms with van der Waals surface area (Å²) in [5.41, 5.74) is 1.93. The molecule has 0 radical (unpaired) electrons. The van der Waals surface area contributed by atoms with Crippen molar-refractivity contribution in [2.45, 2.75) is 17.8 Å². The van der Waals surface area contributed by atoms with Gasteiger partial charge in [-0.15, -0.1) is 10.2 Å². The number of amides is 1. The first-order valence-corrected chi connectivity index (χ1v) is 12.3. The maximum atomic E-state index is 12.5. The highest BCUT2D eigenvalue weighted by Crippen LogP contribution is 2.24. The average molecular weight is 525 g/mol. The number of rotatable bonds is 7. The lowest BCUT2D eigenvalue weighted by Crippen LogP contribution is -2.23.